The van der Waals surface area contributed by atoms with E-state index in [9.17, 15) is 5.26 Å². The summed E-state index contributed by atoms with van der Waals surface area (Å²) in [6, 6.07) is 50.8. The van der Waals surface area contributed by atoms with Gasteiger partial charge in [-0.2, -0.15) is 5.26 Å². The van der Waals surface area contributed by atoms with E-state index in [-0.39, 0.29) is 5.41 Å². The lowest BCUT2D eigenvalue weighted by Gasteiger charge is -2.42. The van der Waals surface area contributed by atoms with Crippen LogP contribution in [0.4, 0.5) is 22.7 Å². The van der Waals surface area contributed by atoms with Crippen molar-refractivity contribution in [3.63, 3.8) is 0 Å². The predicted molar refractivity (Wildman–Crippen MR) is 207 cm³/mol. The maximum absolute atomic E-state index is 10.3. The van der Waals surface area contributed by atoms with Gasteiger partial charge in [0.2, 0.25) is 5.69 Å². The maximum atomic E-state index is 10.3. The lowest BCUT2D eigenvalue weighted by atomic mass is 9.73. The van der Waals surface area contributed by atoms with Crippen LogP contribution in [0.1, 0.15) is 30.5 Å². The quantitative estimate of drug-likeness (QED) is 0.178. The topological polar surface area (TPSA) is 49.2 Å². The minimum absolute atomic E-state index is 0.196. The number of hydrogen-bond donors (Lipinski definition) is 0. The summed E-state index contributed by atoms with van der Waals surface area (Å²) in [7, 11) is 0. The van der Waals surface area contributed by atoms with Gasteiger partial charge in [-0.25, -0.2) is 4.85 Å². The third-order valence-electron chi connectivity index (χ3n) is 10.3. The Morgan fingerprint density at radius 2 is 1.27 bits per heavy atom. The first kappa shape index (κ1) is 30.1. The van der Waals surface area contributed by atoms with Gasteiger partial charge in [-0.3, -0.25) is 4.98 Å². The molecular formula is C46H31N5. The van der Waals surface area contributed by atoms with E-state index in [4.69, 9.17) is 6.57 Å². The number of hydrogen-bond acceptors (Lipinski definition) is 3. The van der Waals surface area contributed by atoms with Gasteiger partial charge < -0.3 is 9.47 Å². The van der Waals surface area contributed by atoms with Crippen LogP contribution in [-0.2, 0) is 5.41 Å². The average Bonchev–Trinajstić information content (AvgIpc) is 3.52. The van der Waals surface area contributed by atoms with Gasteiger partial charge in [-0.15, -0.1) is 0 Å². The Bertz CT molecular complexity index is 2670. The Morgan fingerprint density at radius 1 is 0.647 bits per heavy atom. The SMILES string of the molecule is [C-]#[N+]c1cccc(-c2ccccc2-c2cc(N3c4ccccc4C(C)(C)c4ccccc43)cc(-n3c4ccccc4c4cnccc43)c2)c1C#N. The third-order valence-corrected chi connectivity index (χ3v) is 10.3. The molecule has 0 amide bonds. The standard InChI is InChI=1S/C46H31N5/c1-46(2)39-17-7-10-21-44(39)51(45-22-11-8-18-40(45)46)32-26-30(33-13-4-5-14-34(33)35-16-12-19-41(48-3)37(35)28-47)25-31(27-32)50-42-20-9-6-15-36(42)38-29-49-24-23-43(38)50/h4-27,29H,1-2H3. The fourth-order valence-electron chi connectivity index (χ4n) is 8.00. The molecule has 9 rings (SSSR count). The van der Waals surface area contributed by atoms with Crippen LogP contribution in [0.3, 0.4) is 0 Å². The zero-order chi connectivity index (χ0) is 34.7. The highest BCUT2D eigenvalue weighted by Crippen LogP contribution is 2.52. The molecule has 51 heavy (non-hydrogen) atoms. The molecule has 8 aromatic rings. The number of nitriles is 1. The highest BCUT2D eigenvalue weighted by Gasteiger charge is 2.36. The first-order chi connectivity index (χ1) is 25.0. The van der Waals surface area contributed by atoms with E-state index in [1.165, 1.54) is 11.1 Å². The van der Waals surface area contributed by atoms with Gasteiger partial charge in [0.1, 0.15) is 0 Å². The average molecular weight is 654 g/mol. The fraction of sp³-hybridized carbons (Fsp3) is 0.0652. The van der Waals surface area contributed by atoms with E-state index in [1.807, 2.05) is 42.7 Å². The minimum atomic E-state index is -0.196. The van der Waals surface area contributed by atoms with Crippen molar-refractivity contribution in [1.82, 2.24) is 9.55 Å². The number of benzene rings is 6. The number of anilines is 3. The Hall–Kier alpha value is -6.95. The number of pyridine rings is 1. The molecule has 0 spiro atoms. The second-order valence-electron chi connectivity index (χ2n) is 13.4. The number of aromatic nitrogens is 2. The molecule has 0 bridgehead atoms. The molecule has 0 N–H and O–H groups in total. The summed E-state index contributed by atoms with van der Waals surface area (Å²) in [5, 5.41) is 12.5. The van der Waals surface area contributed by atoms with Crippen LogP contribution < -0.4 is 4.90 Å². The molecule has 0 saturated heterocycles. The van der Waals surface area contributed by atoms with Crippen LogP contribution in [0, 0.1) is 17.9 Å². The Morgan fingerprint density at radius 3 is 2.02 bits per heavy atom. The molecule has 0 saturated carbocycles. The molecule has 6 aromatic carbocycles. The van der Waals surface area contributed by atoms with E-state index in [1.54, 1.807) is 6.07 Å². The van der Waals surface area contributed by atoms with E-state index in [0.29, 0.717) is 11.3 Å². The zero-order valence-corrected chi connectivity index (χ0v) is 28.2. The Kier molecular flexibility index (Phi) is 6.85. The van der Waals surface area contributed by atoms with Gasteiger partial charge in [0.25, 0.3) is 0 Å². The Labute approximate surface area is 296 Å². The van der Waals surface area contributed by atoms with E-state index in [2.05, 4.69) is 142 Å². The lowest BCUT2D eigenvalue weighted by Crippen LogP contribution is -2.30. The highest BCUT2D eigenvalue weighted by molar-refractivity contribution is 6.09. The predicted octanol–water partition coefficient (Wildman–Crippen LogP) is 12.0. The molecule has 5 nitrogen and oxygen atoms in total. The number of fused-ring (bicyclic) bond motifs is 5. The minimum Gasteiger partial charge on any atom is -0.310 e. The van der Waals surface area contributed by atoms with Crippen LogP contribution in [-0.4, -0.2) is 9.55 Å². The summed E-state index contributed by atoms with van der Waals surface area (Å²) in [5.74, 6) is 0. The number of nitrogens with zero attached hydrogens (tertiary/aromatic N) is 5. The Balaban J connectivity index is 1.38. The molecule has 0 aliphatic carbocycles. The van der Waals surface area contributed by atoms with Crippen molar-refractivity contribution in [3.05, 3.63) is 180 Å². The van der Waals surface area contributed by atoms with E-state index >= 15 is 0 Å². The molecule has 1 aliphatic rings. The molecule has 0 fully saturated rings. The molecule has 3 heterocycles. The van der Waals surface area contributed by atoms with Crippen molar-refractivity contribution in [2.75, 3.05) is 4.90 Å². The molecule has 240 valence electrons. The first-order valence-electron chi connectivity index (χ1n) is 17.0. The summed E-state index contributed by atoms with van der Waals surface area (Å²) in [6.07, 6.45) is 3.80. The third kappa shape index (κ3) is 4.57. The fourth-order valence-corrected chi connectivity index (χ4v) is 8.00. The van der Waals surface area contributed by atoms with Gasteiger partial charge in [0.05, 0.1) is 40.6 Å². The zero-order valence-electron chi connectivity index (χ0n) is 28.2. The maximum Gasteiger partial charge on any atom is 0.205 e. The summed E-state index contributed by atoms with van der Waals surface area (Å²) in [5.41, 5.74) is 13.1. The van der Waals surface area contributed by atoms with E-state index in [0.717, 1.165) is 66.8 Å². The molecule has 1 aliphatic heterocycles. The molecule has 2 aromatic heterocycles. The van der Waals surface area contributed by atoms with Gasteiger partial charge in [0, 0.05) is 40.0 Å². The molecular weight excluding hydrogens is 623 g/mol. The highest BCUT2D eigenvalue weighted by atomic mass is 15.2. The first-order valence-corrected chi connectivity index (χ1v) is 17.0. The molecule has 0 radical (unpaired) electrons. The number of para-hydroxylation sites is 3. The van der Waals surface area contributed by atoms with Crippen LogP contribution in [0.15, 0.2) is 152 Å². The van der Waals surface area contributed by atoms with Gasteiger partial charge >= 0.3 is 0 Å². The van der Waals surface area contributed by atoms with Crippen LogP contribution in [0.25, 0.3) is 54.6 Å². The summed E-state index contributed by atoms with van der Waals surface area (Å²) >= 11 is 0. The van der Waals surface area contributed by atoms with Crippen molar-refractivity contribution in [2.45, 2.75) is 19.3 Å². The second kappa shape index (κ2) is 11.6. The van der Waals surface area contributed by atoms with Gasteiger partial charge in [-0.05, 0) is 75.8 Å². The van der Waals surface area contributed by atoms with Gasteiger partial charge in [-0.1, -0.05) is 111 Å². The van der Waals surface area contributed by atoms with Crippen LogP contribution in [0.5, 0.6) is 0 Å². The molecule has 5 heteroatoms. The summed E-state index contributed by atoms with van der Waals surface area (Å²) in [6.45, 7) is 12.4. The van der Waals surface area contributed by atoms with Crippen molar-refractivity contribution in [2.24, 2.45) is 0 Å². The number of rotatable bonds is 4. The van der Waals surface area contributed by atoms with Crippen LogP contribution >= 0.6 is 0 Å². The van der Waals surface area contributed by atoms with Crippen LogP contribution in [0.2, 0.25) is 0 Å². The van der Waals surface area contributed by atoms with Crippen molar-refractivity contribution < 1.29 is 0 Å². The monoisotopic (exact) mass is 653 g/mol. The largest absolute Gasteiger partial charge is 0.310 e. The second-order valence-corrected chi connectivity index (χ2v) is 13.4. The smallest absolute Gasteiger partial charge is 0.205 e. The van der Waals surface area contributed by atoms with Gasteiger partial charge in [0.15, 0.2) is 0 Å². The van der Waals surface area contributed by atoms with Crippen molar-refractivity contribution in [1.29, 1.82) is 5.26 Å². The molecule has 0 unspecified atom stereocenters. The molecule has 0 atom stereocenters. The summed E-state index contributed by atoms with van der Waals surface area (Å²) < 4.78 is 2.33. The van der Waals surface area contributed by atoms with Crippen molar-refractivity contribution in [3.8, 4) is 34.0 Å². The lowest BCUT2D eigenvalue weighted by molar-refractivity contribution is 0.632. The normalized spacial score (nSPS) is 13.0. The van der Waals surface area contributed by atoms with E-state index < -0.39 is 0 Å². The van der Waals surface area contributed by atoms with Crippen molar-refractivity contribution >= 4 is 44.6 Å². The summed E-state index contributed by atoms with van der Waals surface area (Å²) in [4.78, 5) is 10.6.